The lowest BCUT2D eigenvalue weighted by Gasteiger charge is -2.18. The second-order valence-electron chi connectivity index (χ2n) is 5.40. The maximum atomic E-state index is 4.29. The van der Waals surface area contributed by atoms with Crippen LogP contribution in [0.4, 0.5) is 0 Å². The SMILES string of the molecule is CN1CCC[C@@H]1c1cn(C(C)(C)C)nn1. The fourth-order valence-electron chi connectivity index (χ4n) is 2.04. The Bertz CT molecular complexity index is 337. The first-order chi connectivity index (χ1) is 6.98. The van der Waals surface area contributed by atoms with E-state index >= 15 is 0 Å². The van der Waals surface area contributed by atoms with Crippen LogP contribution in [0, 0.1) is 0 Å². The zero-order chi connectivity index (χ0) is 11.1. The smallest absolute Gasteiger partial charge is 0.0998 e. The molecule has 2 rings (SSSR count). The summed E-state index contributed by atoms with van der Waals surface area (Å²) >= 11 is 0. The van der Waals surface area contributed by atoms with Gasteiger partial charge in [-0.3, -0.25) is 4.90 Å². The zero-order valence-corrected chi connectivity index (χ0v) is 10.1. The second kappa shape index (κ2) is 3.59. The Hall–Kier alpha value is -0.900. The van der Waals surface area contributed by atoms with Crippen molar-refractivity contribution in [3.63, 3.8) is 0 Å². The molecule has 0 radical (unpaired) electrons. The number of aromatic nitrogens is 3. The Labute approximate surface area is 91.3 Å². The third-order valence-electron chi connectivity index (χ3n) is 3.06. The average molecular weight is 208 g/mol. The molecule has 4 heteroatoms. The van der Waals surface area contributed by atoms with Gasteiger partial charge < -0.3 is 0 Å². The van der Waals surface area contributed by atoms with Gasteiger partial charge in [0.05, 0.1) is 23.5 Å². The van der Waals surface area contributed by atoms with Crippen molar-refractivity contribution in [1.82, 2.24) is 19.9 Å². The minimum atomic E-state index is 0.0302. The molecule has 1 aliphatic rings. The number of rotatable bonds is 1. The Morgan fingerprint density at radius 3 is 2.60 bits per heavy atom. The van der Waals surface area contributed by atoms with Crippen molar-refractivity contribution in [1.29, 1.82) is 0 Å². The van der Waals surface area contributed by atoms with Crippen LogP contribution in [0.1, 0.15) is 45.3 Å². The molecule has 4 nitrogen and oxygen atoms in total. The van der Waals surface area contributed by atoms with Crippen LogP contribution in [0.15, 0.2) is 6.20 Å². The van der Waals surface area contributed by atoms with Crippen molar-refractivity contribution in [2.24, 2.45) is 0 Å². The van der Waals surface area contributed by atoms with E-state index in [0.717, 1.165) is 5.69 Å². The quantitative estimate of drug-likeness (QED) is 0.705. The van der Waals surface area contributed by atoms with E-state index in [2.05, 4.69) is 49.2 Å². The van der Waals surface area contributed by atoms with Gasteiger partial charge in [-0.05, 0) is 47.2 Å². The van der Waals surface area contributed by atoms with Gasteiger partial charge in [0.25, 0.3) is 0 Å². The Balaban J connectivity index is 2.20. The van der Waals surface area contributed by atoms with Gasteiger partial charge in [-0.2, -0.15) is 0 Å². The van der Waals surface area contributed by atoms with Crippen LogP contribution >= 0.6 is 0 Å². The van der Waals surface area contributed by atoms with Gasteiger partial charge in [0.1, 0.15) is 0 Å². The molecule has 1 saturated heterocycles. The van der Waals surface area contributed by atoms with Crippen LogP contribution in [0.5, 0.6) is 0 Å². The molecule has 1 aromatic heterocycles. The van der Waals surface area contributed by atoms with Crippen LogP contribution in [-0.2, 0) is 5.54 Å². The highest BCUT2D eigenvalue weighted by Gasteiger charge is 2.26. The molecule has 2 heterocycles. The molecule has 0 N–H and O–H groups in total. The van der Waals surface area contributed by atoms with E-state index in [9.17, 15) is 0 Å². The Morgan fingerprint density at radius 1 is 1.40 bits per heavy atom. The molecule has 0 bridgehead atoms. The van der Waals surface area contributed by atoms with E-state index in [1.54, 1.807) is 0 Å². The predicted octanol–water partition coefficient (Wildman–Crippen LogP) is 1.80. The molecule has 1 fully saturated rings. The summed E-state index contributed by atoms with van der Waals surface area (Å²) in [5.74, 6) is 0. The molecule has 1 aliphatic heterocycles. The molecule has 0 aromatic carbocycles. The lowest BCUT2D eigenvalue weighted by Crippen LogP contribution is -2.22. The van der Waals surface area contributed by atoms with Crippen molar-refractivity contribution in [3.05, 3.63) is 11.9 Å². The molecule has 1 aromatic rings. The number of nitrogens with zero attached hydrogens (tertiary/aromatic N) is 4. The third-order valence-corrected chi connectivity index (χ3v) is 3.06. The van der Waals surface area contributed by atoms with Gasteiger partial charge in [-0.25, -0.2) is 4.68 Å². The fraction of sp³-hybridized carbons (Fsp3) is 0.818. The molecule has 1 atom stereocenters. The fourth-order valence-corrected chi connectivity index (χ4v) is 2.04. The highest BCUT2D eigenvalue weighted by molar-refractivity contribution is 5.04. The van der Waals surface area contributed by atoms with Crippen molar-refractivity contribution in [3.8, 4) is 0 Å². The molecule has 0 unspecified atom stereocenters. The van der Waals surface area contributed by atoms with Crippen molar-refractivity contribution in [2.75, 3.05) is 13.6 Å². The van der Waals surface area contributed by atoms with Gasteiger partial charge in [-0.15, -0.1) is 5.10 Å². The number of likely N-dealkylation sites (tertiary alicyclic amines) is 1. The maximum absolute atomic E-state index is 4.29. The molecule has 0 spiro atoms. The number of hydrogen-bond acceptors (Lipinski definition) is 3. The monoisotopic (exact) mass is 208 g/mol. The summed E-state index contributed by atoms with van der Waals surface area (Å²) in [4.78, 5) is 2.36. The van der Waals surface area contributed by atoms with Crippen LogP contribution in [0.3, 0.4) is 0 Å². The van der Waals surface area contributed by atoms with Gasteiger partial charge in [0.15, 0.2) is 0 Å². The van der Waals surface area contributed by atoms with Crippen molar-refractivity contribution in [2.45, 2.75) is 45.2 Å². The Morgan fingerprint density at radius 2 is 2.13 bits per heavy atom. The maximum Gasteiger partial charge on any atom is 0.0998 e. The highest BCUT2D eigenvalue weighted by atomic mass is 15.4. The van der Waals surface area contributed by atoms with Crippen molar-refractivity contribution < 1.29 is 0 Å². The highest BCUT2D eigenvalue weighted by Crippen LogP contribution is 2.29. The minimum absolute atomic E-state index is 0.0302. The van der Waals surface area contributed by atoms with E-state index in [0.29, 0.717) is 6.04 Å². The normalized spacial score (nSPS) is 23.6. The molecule has 84 valence electrons. The summed E-state index contributed by atoms with van der Waals surface area (Å²) in [5, 5.41) is 8.49. The van der Waals surface area contributed by atoms with Gasteiger partial charge >= 0.3 is 0 Å². The molecular weight excluding hydrogens is 188 g/mol. The van der Waals surface area contributed by atoms with Crippen molar-refractivity contribution >= 4 is 0 Å². The van der Waals surface area contributed by atoms with E-state index in [1.165, 1.54) is 19.4 Å². The largest absolute Gasteiger partial charge is 0.298 e. The lowest BCUT2D eigenvalue weighted by atomic mass is 10.1. The number of hydrogen-bond donors (Lipinski definition) is 0. The van der Waals surface area contributed by atoms with E-state index in [4.69, 9.17) is 0 Å². The van der Waals surface area contributed by atoms with Crippen LogP contribution in [0.2, 0.25) is 0 Å². The van der Waals surface area contributed by atoms with E-state index < -0.39 is 0 Å². The van der Waals surface area contributed by atoms with E-state index in [1.807, 2.05) is 4.68 Å². The van der Waals surface area contributed by atoms with Crippen LogP contribution in [-0.4, -0.2) is 33.5 Å². The molecule has 15 heavy (non-hydrogen) atoms. The zero-order valence-electron chi connectivity index (χ0n) is 10.1. The van der Waals surface area contributed by atoms with Gasteiger partial charge in [0.2, 0.25) is 0 Å². The molecule has 0 saturated carbocycles. The van der Waals surface area contributed by atoms with E-state index in [-0.39, 0.29) is 5.54 Å². The summed E-state index contributed by atoms with van der Waals surface area (Å²) in [6.07, 6.45) is 4.56. The summed E-state index contributed by atoms with van der Waals surface area (Å²) in [6.45, 7) is 7.60. The first-order valence-corrected chi connectivity index (χ1v) is 5.61. The Kier molecular flexibility index (Phi) is 2.54. The van der Waals surface area contributed by atoms with Crippen LogP contribution < -0.4 is 0 Å². The summed E-state index contributed by atoms with van der Waals surface area (Å²) in [5.41, 5.74) is 1.15. The first kappa shape index (κ1) is 10.6. The summed E-state index contributed by atoms with van der Waals surface area (Å²) in [6, 6.07) is 0.473. The molecule has 0 amide bonds. The molecule has 0 aliphatic carbocycles. The third kappa shape index (κ3) is 2.04. The second-order valence-corrected chi connectivity index (χ2v) is 5.40. The summed E-state index contributed by atoms with van der Waals surface area (Å²) in [7, 11) is 2.16. The molecular formula is C11H20N4. The topological polar surface area (TPSA) is 34.0 Å². The van der Waals surface area contributed by atoms with Crippen LogP contribution in [0.25, 0.3) is 0 Å². The van der Waals surface area contributed by atoms with Gasteiger partial charge in [-0.1, -0.05) is 5.21 Å². The van der Waals surface area contributed by atoms with Gasteiger partial charge in [0, 0.05) is 0 Å². The average Bonchev–Trinajstić information content (AvgIpc) is 2.69. The standard InChI is InChI=1S/C11H20N4/c1-11(2,3)15-8-9(12-13-15)10-6-5-7-14(10)4/h8,10H,5-7H2,1-4H3/t10-/m1/s1. The first-order valence-electron chi connectivity index (χ1n) is 5.61. The lowest BCUT2D eigenvalue weighted by molar-refractivity contribution is 0.311. The minimum Gasteiger partial charge on any atom is -0.298 e. The summed E-state index contributed by atoms with van der Waals surface area (Å²) < 4.78 is 1.95. The predicted molar refractivity (Wildman–Crippen MR) is 59.6 cm³/mol.